The van der Waals surface area contributed by atoms with Gasteiger partial charge in [0.15, 0.2) is 0 Å². The maximum absolute atomic E-state index is 5.49. The largest absolute Gasteiger partial charge is 0.320 e. The van der Waals surface area contributed by atoms with Gasteiger partial charge >= 0.3 is 0 Å². The van der Waals surface area contributed by atoms with Gasteiger partial charge in [-0.25, -0.2) is 0 Å². The molecule has 1 heterocycles. The highest BCUT2D eigenvalue weighted by atomic mass is 32.1. The molecule has 4 nitrogen and oxygen atoms in total. The lowest BCUT2D eigenvalue weighted by atomic mass is 10.4. The Bertz CT molecular complexity index is 309. The molecule has 0 saturated carbocycles. The van der Waals surface area contributed by atoms with E-state index in [0.717, 1.165) is 10.5 Å². The van der Waals surface area contributed by atoms with Crippen LogP contribution in [0.15, 0.2) is 5.10 Å². The Morgan fingerprint density at radius 2 is 2.18 bits per heavy atom. The average Bonchev–Trinajstić information content (AvgIpc) is 2.28. The van der Waals surface area contributed by atoms with Crippen LogP contribution in [-0.4, -0.2) is 4.57 Å². The van der Waals surface area contributed by atoms with Crippen LogP contribution in [0, 0.1) is 13.8 Å². The van der Waals surface area contributed by atoms with Crippen LogP contribution in [0.2, 0.25) is 0 Å². The van der Waals surface area contributed by atoms with E-state index < -0.39 is 0 Å². The molecule has 1 rings (SSSR count). The molecular formula is C6H12N4S. The Morgan fingerprint density at radius 3 is 2.55 bits per heavy atom. The number of nitrogens with two attached hydrogens (primary N) is 2. The summed E-state index contributed by atoms with van der Waals surface area (Å²) in [5.74, 6) is 5.17. The number of rotatable bonds is 1. The highest BCUT2D eigenvalue weighted by Crippen LogP contribution is 2.07. The minimum Gasteiger partial charge on any atom is -0.320 e. The summed E-state index contributed by atoms with van der Waals surface area (Å²) in [6.45, 7) is 4.47. The van der Waals surface area contributed by atoms with Crippen molar-refractivity contribution in [3.63, 3.8) is 0 Å². The summed E-state index contributed by atoms with van der Waals surface area (Å²) < 4.78 is 1.89. The van der Waals surface area contributed by atoms with Crippen LogP contribution in [0.3, 0.4) is 0 Å². The molecule has 0 aromatic carbocycles. The molecule has 5 heteroatoms. The molecule has 0 amide bonds. The van der Waals surface area contributed by atoms with E-state index in [-0.39, 0.29) is 0 Å². The van der Waals surface area contributed by atoms with Gasteiger partial charge in [0.25, 0.3) is 0 Å². The summed E-state index contributed by atoms with van der Waals surface area (Å²) in [6, 6.07) is 0. The predicted octanol–water partition coefficient (Wildman–Crippen LogP) is -0.143. The molecule has 1 aromatic rings. The van der Waals surface area contributed by atoms with Crippen molar-refractivity contribution in [2.45, 2.75) is 20.5 Å². The van der Waals surface area contributed by atoms with Crippen molar-refractivity contribution >= 4 is 11.3 Å². The highest BCUT2D eigenvalue weighted by molar-refractivity contribution is 7.09. The SMILES string of the molecule is Cc1sc(=NN)n(CN)c1C. The molecule has 11 heavy (non-hydrogen) atoms. The lowest BCUT2D eigenvalue weighted by Gasteiger charge is -1.99. The molecule has 4 N–H and O–H groups in total. The van der Waals surface area contributed by atoms with Crippen molar-refractivity contribution in [1.29, 1.82) is 0 Å². The Morgan fingerprint density at radius 1 is 1.55 bits per heavy atom. The zero-order valence-corrected chi connectivity index (χ0v) is 7.48. The topological polar surface area (TPSA) is 69.3 Å². The first-order valence-corrected chi connectivity index (χ1v) is 4.13. The Labute approximate surface area is 69.1 Å². The van der Waals surface area contributed by atoms with Crippen molar-refractivity contribution in [2.75, 3.05) is 0 Å². The molecule has 0 radical (unpaired) electrons. The molecule has 0 spiro atoms. The van der Waals surface area contributed by atoms with Gasteiger partial charge in [-0.05, 0) is 13.8 Å². The second-order valence-electron chi connectivity index (χ2n) is 2.27. The first kappa shape index (κ1) is 8.29. The number of aryl methyl sites for hydroxylation is 1. The summed E-state index contributed by atoms with van der Waals surface area (Å²) in [7, 11) is 0. The zero-order valence-electron chi connectivity index (χ0n) is 6.66. The standard InChI is InChI=1S/C6H12N4S/c1-4-5(2)11-6(9-8)10(4)3-7/h3,7-8H2,1-2H3. The van der Waals surface area contributed by atoms with E-state index in [1.54, 1.807) is 11.3 Å². The van der Waals surface area contributed by atoms with Crippen molar-refractivity contribution in [3.8, 4) is 0 Å². The monoisotopic (exact) mass is 172 g/mol. The summed E-state index contributed by atoms with van der Waals surface area (Å²) in [5.41, 5.74) is 6.63. The van der Waals surface area contributed by atoms with E-state index in [4.69, 9.17) is 11.6 Å². The van der Waals surface area contributed by atoms with E-state index in [1.807, 2.05) is 18.4 Å². The third kappa shape index (κ3) is 1.29. The fraction of sp³-hybridized carbons (Fsp3) is 0.500. The second kappa shape index (κ2) is 3.06. The molecule has 0 saturated heterocycles. The van der Waals surface area contributed by atoms with Gasteiger partial charge in [-0.1, -0.05) is 0 Å². The van der Waals surface area contributed by atoms with Crippen LogP contribution in [-0.2, 0) is 6.67 Å². The van der Waals surface area contributed by atoms with Gasteiger partial charge in [0.05, 0.1) is 6.67 Å². The van der Waals surface area contributed by atoms with E-state index in [2.05, 4.69) is 5.10 Å². The minimum absolute atomic E-state index is 0.437. The van der Waals surface area contributed by atoms with Crippen molar-refractivity contribution in [3.05, 3.63) is 15.4 Å². The molecular weight excluding hydrogens is 160 g/mol. The van der Waals surface area contributed by atoms with Crippen LogP contribution in [0.4, 0.5) is 0 Å². The van der Waals surface area contributed by atoms with E-state index >= 15 is 0 Å². The first-order chi connectivity index (χ1) is 5.20. The molecule has 0 aliphatic rings. The summed E-state index contributed by atoms with van der Waals surface area (Å²) >= 11 is 1.56. The second-order valence-corrected chi connectivity index (χ2v) is 3.45. The zero-order chi connectivity index (χ0) is 8.43. The van der Waals surface area contributed by atoms with Gasteiger partial charge < -0.3 is 16.1 Å². The molecule has 0 atom stereocenters. The maximum Gasteiger partial charge on any atom is 0.209 e. The van der Waals surface area contributed by atoms with Crippen molar-refractivity contribution in [1.82, 2.24) is 4.57 Å². The molecule has 0 aliphatic heterocycles. The summed E-state index contributed by atoms with van der Waals surface area (Å²) in [6.07, 6.45) is 0. The highest BCUT2D eigenvalue weighted by Gasteiger charge is 2.02. The number of hydrogen-bond acceptors (Lipinski definition) is 4. The van der Waals surface area contributed by atoms with Gasteiger partial charge in [0, 0.05) is 10.6 Å². The van der Waals surface area contributed by atoms with Crippen molar-refractivity contribution < 1.29 is 0 Å². The molecule has 0 bridgehead atoms. The predicted molar refractivity (Wildman–Crippen MR) is 45.7 cm³/mol. The molecule has 62 valence electrons. The summed E-state index contributed by atoms with van der Waals surface area (Å²) in [5, 5.41) is 3.62. The Kier molecular flexibility index (Phi) is 2.31. The number of aromatic nitrogens is 1. The van der Waals surface area contributed by atoms with E-state index in [0.29, 0.717) is 6.67 Å². The maximum atomic E-state index is 5.49. The van der Waals surface area contributed by atoms with Gasteiger partial charge in [-0.2, -0.15) is 5.10 Å². The van der Waals surface area contributed by atoms with Gasteiger partial charge in [-0.3, -0.25) is 0 Å². The van der Waals surface area contributed by atoms with E-state index in [9.17, 15) is 0 Å². The quantitative estimate of drug-likeness (QED) is 0.457. The normalized spacial score (nSPS) is 12.5. The third-order valence-corrected chi connectivity index (χ3v) is 2.79. The smallest absolute Gasteiger partial charge is 0.209 e. The average molecular weight is 172 g/mol. The number of thiazole rings is 1. The van der Waals surface area contributed by atoms with Crippen LogP contribution in [0.25, 0.3) is 0 Å². The molecule has 0 unspecified atom stereocenters. The molecule has 1 aromatic heterocycles. The Balaban J connectivity index is 3.39. The molecule has 0 fully saturated rings. The number of hydrogen-bond donors (Lipinski definition) is 2. The van der Waals surface area contributed by atoms with Crippen molar-refractivity contribution in [2.24, 2.45) is 16.7 Å². The fourth-order valence-corrected chi connectivity index (χ4v) is 1.82. The van der Waals surface area contributed by atoms with Gasteiger partial charge in [-0.15, -0.1) is 11.3 Å². The van der Waals surface area contributed by atoms with Crippen LogP contribution >= 0.6 is 11.3 Å². The number of nitrogens with zero attached hydrogens (tertiary/aromatic N) is 2. The third-order valence-electron chi connectivity index (χ3n) is 1.68. The van der Waals surface area contributed by atoms with E-state index in [1.165, 1.54) is 4.88 Å². The molecule has 0 aliphatic carbocycles. The summed E-state index contributed by atoms with van der Waals surface area (Å²) in [4.78, 5) is 1.99. The van der Waals surface area contributed by atoms with Gasteiger partial charge in [0.1, 0.15) is 0 Å². The lowest BCUT2D eigenvalue weighted by molar-refractivity contribution is 0.678. The first-order valence-electron chi connectivity index (χ1n) is 3.31. The lowest BCUT2D eigenvalue weighted by Crippen LogP contribution is -2.22. The Hall–Kier alpha value is -0.810. The van der Waals surface area contributed by atoms with Gasteiger partial charge in [0.2, 0.25) is 4.80 Å². The fourth-order valence-electron chi connectivity index (χ4n) is 0.910. The minimum atomic E-state index is 0.437. The van der Waals surface area contributed by atoms with Crippen LogP contribution < -0.4 is 16.4 Å². The van der Waals surface area contributed by atoms with Crippen LogP contribution in [0.5, 0.6) is 0 Å². The van der Waals surface area contributed by atoms with Crippen LogP contribution in [0.1, 0.15) is 10.6 Å².